The van der Waals surface area contributed by atoms with E-state index in [0.717, 1.165) is 10.0 Å². The first-order chi connectivity index (χ1) is 5.02. The van der Waals surface area contributed by atoms with Crippen LogP contribution < -0.4 is 11.5 Å². The minimum Gasteiger partial charge on any atom is -0.310 e. The second kappa shape index (κ2) is 2.93. The van der Waals surface area contributed by atoms with Crippen LogP contribution in [0.1, 0.15) is 12.5 Å². The number of benzene rings is 1. The Morgan fingerprint density at radius 1 is 1.27 bits per heavy atom. The lowest BCUT2D eigenvalue weighted by atomic mass is 10.0. The molecule has 0 spiro atoms. The van der Waals surface area contributed by atoms with E-state index in [1.807, 2.05) is 24.3 Å². The van der Waals surface area contributed by atoms with E-state index in [2.05, 4.69) is 15.9 Å². The molecular weight excluding hydrogens is 204 g/mol. The van der Waals surface area contributed by atoms with Gasteiger partial charge in [-0.15, -0.1) is 0 Å². The quantitative estimate of drug-likeness (QED) is 0.698. The first-order valence-corrected chi connectivity index (χ1v) is 4.14. The van der Waals surface area contributed by atoms with Gasteiger partial charge in [-0.05, 0) is 13.0 Å². The predicted octanol–water partition coefficient (Wildman–Crippen LogP) is 1.54. The molecule has 0 aliphatic heterocycles. The predicted molar refractivity (Wildman–Crippen MR) is 49.9 cm³/mol. The minimum absolute atomic E-state index is 0.764. The molecule has 0 aliphatic rings. The van der Waals surface area contributed by atoms with Crippen molar-refractivity contribution < 1.29 is 0 Å². The lowest BCUT2D eigenvalue weighted by molar-refractivity contribution is 0.518. The molecule has 0 saturated carbocycles. The molecule has 1 aromatic rings. The van der Waals surface area contributed by atoms with Crippen LogP contribution in [0.4, 0.5) is 0 Å². The summed E-state index contributed by atoms with van der Waals surface area (Å²) in [6.45, 7) is 1.77. The topological polar surface area (TPSA) is 52.0 Å². The molecule has 0 radical (unpaired) electrons. The SMILES string of the molecule is CC(N)(N)c1ccccc1Br. The van der Waals surface area contributed by atoms with Gasteiger partial charge in [-0.25, -0.2) is 0 Å². The highest BCUT2D eigenvalue weighted by molar-refractivity contribution is 9.10. The molecule has 3 heteroatoms. The maximum Gasteiger partial charge on any atom is 0.0881 e. The first kappa shape index (κ1) is 8.71. The van der Waals surface area contributed by atoms with Gasteiger partial charge in [0.25, 0.3) is 0 Å². The van der Waals surface area contributed by atoms with Crippen molar-refractivity contribution in [1.82, 2.24) is 0 Å². The van der Waals surface area contributed by atoms with Crippen molar-refractivity contribution in [2.24, 2.45) is 11.5 Å². The van der Waals surface area contributed by atoms with Crippen LogP contribution in [0.5, 0.6) is 0 Å². The fourth-order valence-corrected chi connectivity index (χ4v) is 1.61. The lowest BCUT2D eigenvalue weighted by Gasteiger charge is -2.20. The summed E-state index contributed by atoms with van der Waals surface area (Å²) in [6.07, 6.45) is 0. The van der Waals surface area contributed by atoms with Gasteiger partial charge < -0.3 is 11.5 Å². The van der Waals surface area contributed by atoms with Gasteiger partial charge in [0.05, 0.1) is 5.66 Å². The van der Waals surface area contributed by atoms with Crippen molar-refractivity contribution >= 4 is 15.9 Å². The van der Waals surface area contributed by atoms with Crippen molar-refractivity contribution in [2.45, 2.75) is 12.6 Å². The molecule has 11 heavy (non-hydrogen) atoms. The molecule has 1 rings (SSSR count). The zero-order chi connectivity index (χ0) is 8.48. The highest BCUT2D eigenvalue weighted by atomic mass is 79.9. The molecule has 4 N–H and O–H groups in total. The van der Waals surface area contributed by atoms with Crippen LogP contribution >= 0.6 is 15.9 Å². The highest BCUT2D eigenvalue weighted by Gasteiger charge is 2.16. The van der Waals surface area contributed by atoms with Crippen LogP contribution in [0.25, 0.3) is 0 Å². The Morgan fingerprint density at radius 3 is 2.18 bits per heavy atom. The largest absolute Gasteiger partial charge is 0.310 e. The number of hydrogen-bond acceptors (Lipinski definition) is 2. The summed E-state index contributed by atoms with van der Waals surface area (Å²) in [6, 6.07) is 7.68. The molecular formula is C8H11BrN2. The van der Waals surface area contributed by atoms with E-state index in [1.165, 1.54) is 0 Å². The van der Waals surface area contributed by atoms with E-state index in [0.29, 0.717) is 0 Å². The molecule has 0 aromatic heterocycles. The molecule has 0 fully saturated rings. The second-order valence-electron chi connectivity index (χ2n) is 2.76. The van der Waals surface area contributed by atoms with Crippen molar-refractivity contribution in [2.75, 3.05) is 0 Å². The third kappa shape index (κ3) is 2.02. The maximum atomic E-state index is 5.71. The molecule has 60 valence electrons. The van der Waals surface area contributed by atoms with Gasteiger partial charge in [0, 0.05) is 10.0 Å². The van der Waals surface area contributed by atoms with Crippen LogP contribution in [-0.2, 0) is 5.66 Å². The van der Waals surface area contributed by atoms with Gasteiger partial charge in [-0.1, -0.05) is 34.1 Å². The van der Waals surface area contributed by atoms with Crippen LogP contribution in [0.3, 0.4) is 0 Å². The Morgan fingerprint density at radius 2 is 1.82 bits per heavy atom. The summed E-state index contributed by atoms with van der Waals surface area (Å²) in [5, 5.41) is 0. The Hall–Kier alpha value is -0.380. The molecule has 0 unspecified atom stereocenters. The van der Waals surface area contributed by atoms with Crippen molar-refractivity contribution in [1.29, 1.82) is 0 Å². The number of rotatable bonds is 1. The summed E-state index contributed by atoms with van der Waals surface area (Å²) >= 11 is 3.37. The summed E-state index contributed by atoms with van der Waals surface area (Å²) in [5.41, 5.74) is 11.6. The van der Waals surface area contributed by atoms with E-state index in [4.69, 9.17) is 11.5 Å². The van der Waals surface area contributed by atoms with Crippen LogP contribution in [0.15, 0.2) is 28.7 Å². The van der Waals surface area contributed by atoms with E-state index in [-0.39, 0.29) is 0 Å². The smallest absolute Gasteiger partial charge is 0.0881 e. The minimum atomic E-state index is -0.764. The molecule has 0 atom stereocenters. The number of hydrogen-bond donors (Lipinski definition) is 2. The summed E-state index contributed by atoms with van der Waals surface area (Å²) in [7, 11) is 0. The molecule has 0 heterocycles. The summed E-state index contributed by atoms with van der Waals surface area (Å²) < 4.78 is 0.951. The van der Waals surface area contributed by atoms with Gasteiger partial charge in [-0.3, -0.25) is 0 Å². The molecule has 0 aliphatic carbocycles. The third-order valence-electron chi connectivity index (χ3n) is 1.45. The average molecular weight is 215 g/mol. The number of nitrogens with two attached hydrogens (primary N) is 2. The van der Waals surface area contributed by atoms with E-state index in [9.17, 15) is 0 Å². The van der Waals surface area contributed by atoms with Gasteiger partial charge >= 0.3 is 0 Å². The van der Waals surface area contributed by atoms with Crippen LogP contribution in [-0.4, -0.2) is 0 Å². The normalized spacial score (nSPS) is 11.6. The standard InChI is InChI=1S/C8H11BrN2/c1-8(10,11)6-4-2-3-5-7(6)9/h2-5H,10-11H2,1H3. The fourth-order valence-electron chi connectivity index (χ4n) is 0.898. The van der Waals surface area contributed by atoms with Gasteiger partial charge in [0.2, 0.25) is 0 Å². The van der Waals surface area contributed by atoms with Gasteiger partial charge in [0.15, 0.2) is 0 Å². The van der Waals surface area contributed by atoms with E-state index in [1.54, 1.807) is 6.92 Å². The molecule has 0 saturated heterocycles. The summed E-state index contributed by atoms with van der Waals surface area (Å²) in [5.74, 6) is 0. The number of halogens is 1. The van der Waals surface area contributed by atoms with Crippen LogP contribution in [0.2, 0.25) is 0 Å². The lowest BCUT2D eigenvalue weighted by Crippen LogP contribution is -2.42. The van der Waals surface area contributed by atoms with E-state index >= 15 is 0 Å². The Balaban J connectivity index is 3.14. The van der Waals surface area contributed by atoms with Crippen molar-refractivity contribution in [3.63, 3.8) is 0 Å². The maximum absolute atomic E-state index is 5.71. The average Bonchev–Trinajstić information content (AvgIpc) is 1.86. The molecule has 0 bridgehead atoms. The Labute approximate surface area is 74.7 Å². The Kier molecular flexibility index (Phi) is 2.32. The Bertz CT molecular complexity index is 253. The monoisotopic (exact) mass is 214 g/mol. The van der Waals surface area contributed by atoms with Crippen molar-refractivity contribution in [3.05, 3.63) is 34.3 Å². The summed E-state index contributed by atoms with van der Waals surface area (Å²) in [4.78, 5) is 0. The zero-order valence-electron chi connectivity index (χ0n) is 6.34. The van der Waals surface area contributed by atoms with E-state index < -0.39 is 5.66 Å². The zero-order valence-corrected chi connectivity index (χ0v) is 7.93. The fraction of sp³-hybridized carbons (Fsp3) is 0.250. The highest BCUT2D eigenvalue weighted by Crippen LogP contribution is 2.21. The van der Waals surface area contributed by atoms with Gasteiger partial charge in [0.1, 0.15) is 0 Å². The third-order valence-corrected chi connectivity index (χ3v) is 2.15. The molecule has 2 nitrogen and oxygen atoms in total. The van der Waals surface area contributed by atoms with Crippen LogP contribution in [0, 0.1) is 0 Å². The molecule has 1 aromatic carbocycles. The first-order valence-electron chi connectivity index (χ1n) is 3.34. The van der Waals surface area contributed by atoms with Gasteiger partial charge in [-0.2, -0.15) is 0 Å². The second-order valence-corrected chi connectivity index (χ2v) is 3.62. The van der Waals surface area contributed by atoms with Crippen molar-refractivity contribution in [3.8, 4) is 0 Å². The molecule has 0 amide bonds.